The Kier molecular flexibility index (Phi) is 10.5. The van der Waals surface area contributed by atoms with Crippen molar-refractivity contribution in [2.75, 3.05) is 18.1 Å². The summed E-state index contributed by atoms with van der Waals surface area (Å²) >= 11 is 1.95. The van der Waals surface area contributed by atoms with Gasteiger partial charge in [-0.1, -0.05) is 19.8 Å². The lowest BCUT2D eigenvalue weighted by Crippen LogP contribution is -1.87. The van der Waals surface area contributed by atoms with Gasteiger partial charge in [-0.2, -0.15) is 11.8 Å². The van der Waals surface area contributed by atoms with Crippen molar-refractivity contribution >= 4 is 17.8 Å². The largest absolute Gasteiger partial charge is 0.234 e. The van der Waals surface area contributed by atoms with E-state index in [1.54, 1.807) is 6.08 Å². The maximum absolute atomic E-state index is 9.68. The van der Waals surface area contributed by atoms with Gasteiger partial charge in [0.25, 0.3) is 0 Å². The SMILES string of the molecule is CCCCCSCCCN=C=O. The summed E-state index contributed by atoms with van der Waals surface area (Å²) < 4.78 is 0. The Morgan fingerprint density at radius 3 is 2.67 bits per heavy atom. The van der Waals surface area contributed by atoms with Crippen LogP contribution in [0.4, 0.5) is 0 Å². The fourth-order valence-corrected chi connectivity index (χ4v) is 1.79. The highest BCUT2D eigenvalue weighted by atomic mass is 32.2. The van der Waals surface area contributed by atoms with E-state index in [0.29, 0.717) is 6.54 Å². The molecule has 0 radical (unpaired) electrons. The van der Waals surface area contributed by atoms with Gasteiger partial charge in [-0.15, -0.1) is 0 Å². The first-order chi connectivity index (χ1) is 5.91. The van der Waals surface area contributed by atoms with Crippen molar-refractivity contribution < 1.29 is 4.79 Å². The van der Waals surface area contributed by atoms with Crippen LogP contribution in [-0.2, 0) is 4.79 Å². The minimum atomic E-state index is 0.643. The number of thioether (sulfide) groups is 1. The third-order valence-electron chi connectivity index (χ3n) is 1.52. The first kappa shape index (κ1) is 11.7. The number of aliphatic imine (C=N–C) groups is 1. The zero-order valence-electron chi connectivity index (χ0n) is 7.71. The zero-order chi connectivity index (χ0) is 9.07. The van der Waals surface area contributed by atoms with Crippen LogP contribution in [0.15, 0.2) is 4.99 Å². The number of hydrogen-bond acceptors (Lipinski definition) is 3. The Morgan fingerprint density at radius 2 is 2.00 bits per heavy atom. The maximum atomic E-state index is 9.68. The summed E-state index contributed by atoms with van der Waals surface area (Å²) in [6.07, 6.45) is 6.49. The molecule has 0 atom stereocenters. The van der Waals surface area contributed by atoms with Crippen molar-refractivity contribution in [3.63, 3.8) is 0 Å². The van der Waals surface area contributed by atoms with E-state index < -0.39 is 0 Å². The van der Waals surface area contributed by atoms with Crippen LogP contribution in [0, 0.1) is 0 Å². The molecule has 0 unspecified atom stereocenters. The van der Waals surface area contributed by atoms with Crippen molar-refractivity contribution in [2.45, 2.75) is 32.6 Å². The van der Waals surface area contributed by atoms with Crippen molar-refractivity contribution in [3.05, 3.63) is 0 Å². The molecule has 0 saturated carbocycles. The molecule has 0 aliphatic carbocycles. The molecule has 0 fully saturated rings. The van der Waals surface area contributed by atoms with Gasteiger partial charge in [0.2, 0.25) is 6.08 Å². The highest BCUT2D eigenvalue weighted by molar-refractivity contribution is 7.99. The predicted octanol–water partition coefficient (Wildman–Crippen LogP) is 2.64. The van der Waals surface area contributed by atoms with E-state index in [0.717, 1.165) is 12.2 Å². The van der Waals surface area contributed by atoms with Crippen LogP contribution in [-0.4, -0.2) is 24.1 Å². The normalized spacial score (nSPS) is 9.42. The Morgan fingerprint density at radius 1 is 1.25 bits per heavy atom. The molecule has 2 nitrogen and oxygen atoms in total. The molecule has 0 aromatic carbocycles. The van der Waals surface area contributed by atoms with Crippen LogP contribution in [0.2, 0.25) is 0 Å². The molecule has 12 heavy (non-hydrogen) atoms. The molecule has 0 rings (SSSR count). The summed E-state index contributed by atoms with van der Waals surface area (Å²) in [5, 5.41) is 0. The average Bonchev–Trinajstić information content (AvgIpc) is 2.10. The molecule has 0 aliphatic rings. The predicted molar refractivity (Wildman–Crippen MR) is 54.5 cm³/mol. The van der Waals surface area contributed by atoms with Crippen LogP contribution in [0.1, 0.15) is 32.6 Å². The van der Waals surface area contributed by atoms with Gasteiger partial charge in [-0.05, 0) is 24.3 Å². The van der Waals surface area contributed by atoms with Gasteiger partial charge in [0.1, 0.15) is 0 Å². The quantitative estimate of drug-likeness (QED) is 0.332. The second kappa shape index (κ2) is 10.7. The molecule has 0 amide bonds. The van der Waals surface area contributed by atoms with Gasteiger partial charge in [0.15, 0.2) is 0 Å². The maximum Gasteiger partial charge on any atom is 0.234 e. The molecule has 0 aromatic heterocycles. The lowest BCUT2D eigenvalue weighted by molar-refractivity contribution is 0.562. The number of hydrogen-bond donors (Lipinski definition) is 0. The van der Waals surface area contributed by atoms with Gasteiger partial charge in [-0.3, -0.25) is 0 Å². The van der Waals surface area contributed by atoms with E-state index in [-0.39, 0.29) is 0 Å². The van der Waals surface area contributed by atoms with Gasteiger partial charge in [0, 0.05) is 0 Å². The second-order valence-corrected chi connectivity index (χ2v) is 3.87. The topological polar surface area (TPSA) is 29.4 Å². The van der Waals surface area contributed by atoms with Crippen LogP contribution in [0.5, 0.6) is 0 Å². The van der Waals surface area contributed by atoms with E-state index >= 15 is 0 Å². The molecule has 0 N–H and O–H groups in total. The Bertz CT molecular complexity index is 132. The standard InChI is InChI=1S/C9H17NOS/c1-2-3-4-7-12-8-5-6-10-9-11/h2-8H2,1H3. The van der Waals surface area contributed by atoms with Crippen molar-refractivity contribution in [1.82, 2.24) is 0 Å². The summed E-state index contributed by atoms with van der Waals surface area (Å²) in [6.45, 7) is 2.85. The van der Waals surface area contributed by atoms with Gasteiger partial charge >= 0.3 is 0 Å². The van der Waals surface area contributed by atoms with E-state index in [4.69, 9.17) is 0 Å². The number of isocyanates is 1. The van der Waals surface area contributed by atoms with Gasteiger partial charge in [-0.25, -0.2) is 9.79 Å². The summed E-state index contributed by atoms with van der Waals surface area (Å²) in [5.74, 6) is 2.37. The van der Waals surface area contributed by atoms with Crippen molar-refractivity contribution in [1.29, 1.82) is 0 Å². The van der Waals surface area contributed by atoms with E-state index in [1.165, 1.54) is 25.0 Å². The average molecular weight is 187 g/mol. The number of carbonyl (C=O) groups excluding carboxylic acids is 1. The van der Waals surface area contributed by atoms with Crippen LogP contribution in [0.25, 0.3) is 0 Å². The van der Waals surface area contributed by atoms with Crippen molar-refractivity contribution in [3.8, 4) is 0 Å². The molecule has 0 saturated heterocycles. The monoisotopic (exact) mass is 187 g/mol. The first-order valence-electron chi connectivity index (χ1n) is 4.53. The molecule has 70 valence electrons. The molecule has 0 aromatic rings. The zero-order valence-corrected chi connectivity index (χ0v) is 8.53. The van der Waals surface area contributed by atoms with Crippen LogP contribution >= 0.6 is 11.8 Å². The van der Waals surface area contributed by atoms with E-state index in [1.807, 2.05) is 11.8 Å². The molecule has 0 aliphatic heterocycles. The second-order valence-electron chi connectivity index (χ2n) is 2.65. The number of nitrogens with zero attached hydrogens (tertiary/aromatic N) is 1. The lowest BCUT2D eigenvalue weighted by atomic mass is 10.3. The summed E-state index contributed by atoms with van der Waals surface area (Å²) in [5.41, 5.74) is 0. The minimum Gasteiger partial charge on any atom is -0.211 e. The smallest absolute Gasteiger partial charge is 0.211 e. The number of rotatable bonds is 8. The highest BCUT2D eigenvalue weighted by Gasteiger charge is 1.89. The molecule has 0 heterocycles. The summed E-state index contributed by atoms with van der Waals surface area (Å²) in [4.78, 5) is 13.2. The summed E-state index contributed by atoms with van der Waals surface area (Å²) in [6, 6.07) is 0. The van der Waals surface area contributed by atoms with Crippen LogP contribution in [0.3, 0.4) is 0 Å². The Hall–Kier alpha value is -0.270. The first-order valence-corrected chi connectivity index (χ1v) is 5.68. The summed E-state index contributed by atoms with van der Waals surface area (Å²) in [7, 11) is 0. The lowest BCUT2D eigenvalue weighted by Gasteiger charge is -1.97. The Labute approximate surface area is 78.8 Å². The third kappa shape index (κ3) is 9.73. The molecule has 0 spiro atoms. The molecule has 0 bridgehead atoms. The number of unbranched alkanes of at least 4 members (excludes halogenated alkanes) is 2. The minimum absolute atomic E-state index is 0.643. The highest BCUT2D eigenvalue weighted by Crippen LogP contribution is 2.07. The fraction of sp³-hybridized carbons (Fsp3) is 0.889. The van der Waals surface area contributed by atoms with E-state index in [9.17, 15) is 4.79 Å². The van der Waals surface area contributed by atoms with Gasteiger partial charge < -0.3 is 0 Å². The van der Waals surface area contributed by atoms with Crippen LogP contribution < -0.4 is 0 Å². The Balaban J connectivity index is 2.86. The van der Waals surface area contributed by atoms with Crippen molar-refractivity contribution in [2.24, 2.45) is 4.99 Å². The fourth-order valence-electron chi connectivity index (χ4n) is 0.847. The van der Waals surface area contributed by atoms with Gasteiger partial charge in [0.05, 0.1) is 6.54 Å². The molecular formula is C9H17NOS. The van der Waals surface area contributed by atoms with E-state index in [2.05, 4.69) is 11.9 Å². The third-order valence-corrected chi connectivity index (χ3v) is 2.67. The molecular weight excluding hydrogens is 170 g/mol. The molecule has 3 heteroatoms.